The number of aromatic nitrogens is 2. The molecule has 1 saturated heterocycles. The van der Waals surface area contributed by atoms with Crippen molar-refractivity contribution in [3.8, 4) is 5.69 Å². The number of hydrogen-bond donors (Lipinski definition) is 2. The fraction of sp³-hybridized carbons (Fsp3) is 0.207. The van der Waals surface area contributed by atoms with Crippen molar-refractivity contribution < 1.29 is 4.79 Å². The molecule has 0 saturated carbocycles. The van der Waals surface area contributed by atoms with E-state index < -0.39 is 0 Å². The summed E-state index contributed by atoms with van der Waals surface area (Å²) in [6, 6.07) is 25.7. The number of hydrogen-bond acceptors (Lipinski definition) is 3. The molecule has 188 valence electrons. The number of nitrogens with one attached hydrogen (secondary N) is 2. The third kappa shape index (κ3) is 5.31. The maximum Gasteiger partial charge on any atom is 0.226 e. The van der Waals surface area contributed by atoms with Gasteiger partial charge in [-0.2, -0.15) is 0 Å². The van der Waals surface area contributed by atoms with Gasteiger partial charge in [0, 0.05) is 46.4 Å². The van der Waals surface area contributed by atoms with Gasteiger partial charge in [0.05, 0.1) is 17.8 Å². The highest BCUT2D eigenvalue weighted by atomic mass is 79.9. The predicted octanol–water partition coefficient (Wildman–Crippen LogP) is 6.25. The topological polar surface area (TPSA) is 62.2 Å². The molecule has 2 N–H and O–H groups in total. The Morgan fingerprint density at radius 2 is 1.78 bits per heavy atom. The van der Waals surface area contributed by atoms with Crippen molar-refractivity contribution in [2.24, 2.45) is 0 Å². The van der Waals surface area contributed by atoms with Crippen molar-refractivity contribution in [3.05, 3.63) is 112 Å². The molecule has 5 rings (SSSR count). The summed E-state index contributed by atoms with van der Waals surface area (Å²) in [5.41, 5.74) is 6.23. The Labute approximate surface area is 230 Å². The Morgan fingerprint density at radius 3 is 2.49 bits per heavy atom. The molecule has 0 unspecified atom stereocenters. The van der Waals surface area contributed by atoms with E-state index in [0.29, 0.717) is 18.1 Å². The molecule has 2 atom stereocenters. The number of rotatable bonds is 7. The molecule has 1 amide bonds. The van der Waals surface area contributed by atoms with Gasteiger partial charge in [-0.05, 0) is 86.2 Å². The number of aryl methyl sites for hydroxylation is 1. The van der Waals surface area contributed by atoms with E-state index in [4.69, 9.17) is 12.2 Å². The van der Waals surface area contributed by atoms with Crippen molar-refractivity contribution >= 4 is 44.9 Å². The normalized spacial score (nSPS) is 17.1. The van der Waals surface area contributed by atoms with Crippen LogP contribution in [0.15, 0.2) is 89.5 Å². The molecule has 0 radical (unpaired) electrons. The Morgan fingerprint density at radius 1 is 1.05 bits per heavy atom. The lowest BCUT2D eigenvalue weighted by molar-refractivity contribution is -0.116. The number of amides is 1. The van der Waals surface area contributed by atoms with Crippen molar-refractivity contribution in [1.29, 1.82) is 0 Å². The zero-order chi connectivity index (χ0) is 25.9. The number of nitrogens with zero attached hydrogens (tertiary/aromatic N) is 3. The summed E-state index contributed by atoms with van der Waals surface area (Å²) >= 11 is 9.34. The predicted molar refractivity (Wildman–Crippen MR) is 155 cm³/mol. The average Bonchev–Trinajstić information content (AvgIpc) is 3.39. The second-order valence-electron chi connectivity index (χ2n) is 9.12. The quantitative estimate of drug-likeness (QED) is 0.256. The summed E-state index contributed by atoms with van der Waals surface area (Å²) in [4.78, 5) is 19.6. The van der Waals surface area contributed by atoms with E-state index in [1.807, 2.05) is 48.5 Å². The van der Waals surface area contributed by atoms with Gasteiger partial charge in [-0.15, -0.1) is 0 Å². The fourth-order valence-corrected chi connectivity index (χ4v) is 5.62. The average molecular weight is 575 g/mol. The van der Waals surface area contributed by atoms with E-state index >= 15 is 0 Å². The lowest BCUT2D eigenvalue weighted by Gasteiger charge is -2.28. The molecule has 3 heterocycles. The molecule has 1 aliphatic heterocycles. The van der Waals surface area contributed by atoms with E-state index in [9.17, 15) is 4.79 Å². The second kappa shape index (κ2) is 10.9. The number of pyridine rings is 1. The lowest BCUT2D eigenvalue weighted by Crippen LogP contribution is -2.32. The fourth-order valence-electron chi connectivity index (χ4n) is 5.03. The van der Waals surface area contributed by atoms with Crippen LogP contribution in [0.1, 0.15) is 41.1 Å². The Bertz CT molecular complexity index is 1410. The molecule has 37 heavy (non-hydrogen) atoms. The third-order valence-electron chi connectivity index (χ3n) is 6.71. The van der Waals surface area contributed by atoms with Crippen LogP contribution in [0.25, 0.3) is 5.69 Å². The van der Waals surface area contributed by atoms with Crippen molar-refractivity contribution in [1.82, 2.24) is 19.8 Å². The summed E-state index contributed by atoms with van der Waals surface area (Å²) in [6.45, 7) is 4.74. The van der Waals surface area contributed by atoms with Crippen LogP contribution in [0.2, 0.25) is 0 Å². The Balaban J connectivity index is 1.47. The van der Waals surface area contributed by atoms with Gasteiger partial charge in [-0.25, -0.2) is 0 Å². The first-order valence-corrected chi connectivity index (χ1v) is 13.4. The number of carbonyl (C=O) groups is 1. The van der Waals surface area contributed by atoms with Gasteiger partial charge in [0.2, 0.25) is 5.91 Å². The smallest absolute Gasteiger partial charge is 0.226 e. The maximum absolute atomic E-state index is 12.8. The van der Waals surface area contributed by atoms with Gasteiger partial charge in [0.15, 0.2) is 5.11 Å². The number of anilines is 1. The van der Waals surface area contributed by atoms with Crippen LogP contribution in [0.5, 0.6) is 0 Å². The molecule has 1 aliphatic rings. The van der Waals surface area contributed by atoms with Crippen LogP contribution in [-0.2, 0) is 4.79 Å². The molecule has 8 heteroatoms. The molecular weight excluding hydrogens is 546 g/mol. The van der Waals surface area contributed by atoms with Crippen LogP contribution in [0, 0.1) is 13.8 Å². The van der Waals surface area contributed by atoms with E-state index in [1.165, 1.54) is 0 Å². The minimum absolute atomic E-state index is 0.0469. The SMILES string of the molecule is Cc1cc([C@H]2[C@H](c3ccccn3)NC(=S)N2CCC(=O)Nc2ccccc2)c(C)n1-c1ccc(Br)cc1. The first kappa shape index (κ1) is 25.2. The number of carbonyl (C=O) groups excluding carboxylic acids is 1. The van der Waals surface area contributed by atoms with Gasteiger partial charge in [0.25, 0.3) is 0 Å². The van der Waals surface area contributed by atoms with Gasteiger partial charge in [0.1, 0.15) is 0 Å². The number of thiocarbonyl (C=S) groups is 1. The highest BCUT2D eigenvalue weighted by molar-refractivity contribution is 9.10. The van der Waals surface area contributed by atoms with E-state index in [1.54, 1.807) is 6.20 Å². The molecule has 0 aliphatic carbocycles. The van der Waals surface area contributed by atoms with E-state index in [0.717, 1.165) is 38.5 Å². The van der Waals surface area contributed by atoms with Crippen LogP contribution < -0.4 is 10.6 Å². The van der Waals surface area contributed by atoms with Gasteiger partial charge >= 0.3 is 0 Å². The number of benzene rings is 2. The maximum atomic E-state index is 12.8. The minimum atomic E-state index is -0.134. The van der Waals surface area contributed by atoms with E-state index in [2.05, 4.69) is 85.2 Å². The zero-order valence-corrected chi connectivity index (χ0v) is 23.1. The van der Waals surface area contributed by atoms with Crippen LogP contribution in [0.3, 0.4) is 0 Å². The molecule has 1 fully saturated rings. The molecule has 2 aromatic heterocycles. The minimum Gasteiger partial charge on any atom is -0.352 e. The molecule has 6 nitrogen and oxygen atoms in total. The van der Waals surface area contributed by atoms with Crippen molar-refractivity contribution in [2.75, 3.05) is 11.9 Å². The van der Waals surface area contributed by atoms with Crippen molar-refractivity contribution in [3.63, 3.8) is 0 Å². The highest BCUT2D eigenvalue weighted by Gasteiger charge is 2.41. The molecule has 4 aromatic rings. The van der Waals surface area contributed by atoms with Crippen LogP contribution in [-0.4, -0.2) is 32.0 Å². The van der Waals surface area contributed by atoms with E-state index in [-0.39, 0.29) is 18.0 Å². The third-order valence-corrected chi connectivity index (χ3v) is 7.59. The summed E-state index contributed by atoms with van der Waals surface area (Å²) in [7, 11) is 0. The molecule has 2 aromatic carbocycles. The highest BCUT2D eigenvalue weighted by Crippen LogP contribution is 2.41. The van der Waals surface area contributed by atoms with Crippen LogP contribution in [0.4, 0.5) is 5.69 Å². The summed E-state index contributed by atoms with van der Waals surface area (Å²) < 4.78 is 3.30. The molecule has 0 bridgehead atoms. The van der Waals surface area contributed by atoms with Gasteiger partial charge in [-0.3, -0.25) is 9.78 Å². The molecule has 0 spiro atoms. The monoisotopic (exact) mass is 573 g/mol. The standard InChI is InChI=1S/C29H28BrN5OS/c1-19-18-24(20(2)35(19)23-13-11-21(30)12-14-23)28-27(25-10-6-7-16-31-25)33-29(37)34(28)17-15-26(36)32-22-8-4-3-5-9-22/h3-14,16,18,27-28H,15,17H2,1-2H3,(H,32,36)(H,33,37)/t27-,28-/m0/s1. The summed E-state index contributed by atoms with van der Waals surface area (Å²) in [6.07, 6.45) is 2.12. The van der Waals surface area contributed by atoms with Gasteiger partial charge < -0.3 is 20.1 Å². The Kier molecular flexibility index (Phi) is 7.39. The second-order valence-corrected chi connectivity index (χ2v) is 10.4. The largest absolute Gasteiger partial charge is 0.352 e. The zero-order valence-electron chi connectivity index (χ0n) is 20.7. The van der Waals surface area contributed by atoms with Gasteiger partial charge in [-0.1, -0.05) is 40.2 Å². The first-order chi connectivity index (χ1) is 17.9. The Hall–Kier alpha value is -3.49. The first-order valence-electron chi connectivity index (χ1n) is 12.2. The number of halogens is 1. The summed E-state index contributed by atoms with van der Waals surface area (Å²) in [5, 5.41) is 7.10. The lowest BCUT2D eigenvalue weighted by atomic mass is 9.96. The van der Waals surface area contributed by atoms with Crippen molar-refractivity contribution in [2.45, 2.75) is 32.4 Å². The summed E-state index contributed by atoms with van der Waals surface area (Å²) in [5.74, 6) is -0.0469. The van der Waals surface area contributed by atoms with Crippen LogP contribution >= 0.6 is 28.1 Å². The molecular formula is C29H28BrN5OS. The number of para-hydroxylation sites is 1.